The predicted molar refractivity (Wildman–Crippen MR) is 78.3 cm³/mol. The molecule has 1 aliphatic heterocycles. The number of rotatable bonds is 4. The van der Waals surface area contributed by atoms with Crippen LogP contribution in [-0.4, -0.2) is 49.4 Å². The fourth-order valence-corrected chi connectivity index (χ4v) is 3.98. The Labute approximate surface area is 129 Å². The van der Waals surface area contributed by atoms with E-state index in [1.165, 1.54) is 17.4 Å². The Morgan fingerprint density at radius 3 is 2.41 bits per heavy atom. The molecule has 0 radical (unpaired) electrons. The molecule has 0 amide bonds. The van der Waals surface area contributed by atoms with Crippen molar-refractivity contribution in [3.05, 3.63) is 35.4 Å². The molecule has 2 atom stereocenters. The van der Waals surface area contributed by atoms with Crippen LogP contribution in [0.15, 0.2) is 18.2 Å². The molecule has 1 fully saturated rings. The van der Waals surface area contributed by atoms with Crippen LogP contribution in [0.4, 0.5) is 8.78 Å². The lowest BCUT2D eigenvalue weighted by Crippen LogP contribution is -2.52. The molecule has 124 valence electrons. The summed E-state index contributed by atoms with van der Waals surface area (Å²) in [6.45, 7) is 3.95. The lowest BCUT2D eigenvalue weighted by molar-refractivity contribution is -0.0453. The van der Waals surface area contributed by atoms with Gasteiger partial charge in [-0.05, 0) is 19.9 Å². The zero-order valence-corrected chi connectivity index (χ0v) is 13.6. The molecule has 5 nitrogen and oxygen atoms in total. The molecule has 0 unspecified atom stereocenters. The summed E-state index contributed by atoms with van der Waals surface area (Å²) in [5.74, 6) is -1.45. The molecule has 22 heavy (non-hydrogen) atoms. The first-order valence-corrected chi connectivity index (χ1v) is 8.40. The quantitative estimate of drug-likeness (QED) is 0.843. The van der Waals surface area contributed by atoms with Crippen molar-refractivity contribution in [2.45, 2.75) is 32.6 Å². The fourth-order valence-electron chi connectivity index (χ4n) is 2.49. The van der Waals surface area contributed by atoms with Crippen LogP contribution in [0, 0.1) is 11.6 Å². The Kier molecular flexibility index (Phi) is 5.16. The van der Waals surface area contributed by atoms with Gasteiger partial charge >= 0.3 is 0 Å². The van der Waals surface area contributed by atoms with Crippen molar-refractivity contribution >= 4 is 10.2 Å². The monoisotopic (exact) mass is 334 g/mol. The summed E-state index contributed by atoms with van der Waals surface area (Å²) < 4.78 is 59.6. The van der Waals surface area contributed by atoms with Gasteiger partial charge in [-0.1, -0.05) is 6.07 Å². The van der Waals surface area contributed by atoms with E-state index in [0.717, 1.165) is 16.4 Å². The second-order valence-electron chi connectivity index (χ2n) is 5.57. The molecule has 8 heteroatoms. The summed E-state index contributed by atoms with van der Waals surface area (Å²) in [4.78, 5) is 0. The van der Waals surface area contributed by atoms with E-state index in [9.17, 15) is 17.2 Å². The fraction of sp³-hybridized carbons (Fsp3) is 0.571. The van der Waals surface area contributed by atoms with Gasteiger partial charge in [-0.2, -0.15) is 17.0 Å². The van der Waals surface area contributed by atoms with Crippen molar-refractivity contribution in [3.63, 3.8) is 0 Å². The van der Waals surface area contributed by atoms with Crippen molar-refractivity contribution in [2.75, 3.05) is 20.1 Å². The Bertz CT molecular complexity index is 629. The van der Waals surface area contributed by atoms with E-state index < -0.39 is 21.8 Å². The number of hydrogen-bond donors (Lipinski definition) is 0. The summed E-state index contributed by atoms with van der Waals surface area (Å²) >= 11 is 0. The maximum atomic E-state index is 13.7. The smallest absolute Gasteiger partial charge is 0.282 e. The zero-order chi connectivity index (χ0) is 16.5. The van der Waals surface area contributed by atoms with Crippen LogP contribution in [0.1, 0.15) is 19.4 Å². The second kappa shape index (κ2) is 6.57. The average molecular weight is 334 g/mol. The molecule has 0 saturated carbocycles. The highest BCUT2D eigenvalue weighted by Gasteiger charge is 2.33. The molecule has 2 rings (SSSR count). The Morgan fingerprint density at radius 2 is 1.86 bits per heavy atom. The van der Waals surface area contributed by atoms with Gasteiger partial charge in [-0.15, -0.1) is 0 Å². The van der Waals surface area contributed by atoms with Crippen LogP contribution in [0.5, 0.6) is 0 Å². The first-order chi connectivity index (χ1) is 10.2. The lowest BCUT2D eigenvalue weighted by atomic mass is 10.2. The third-order valence-electron chi connectivity index (χ3n) is 3.51. The Hall–Kier alpha value is -1.09. The molecule has 0 aliphatic carbocycles. The Morgan fingerprint density at radius 1 is 1.27 bits per heavy atom. The van der Waals surface area contributed by atoms with E-state index in [1.807, 2.05) is 0 Å². The first kappa shape index (κ1) is 17.3. The summed E-state index contributed by atoms with van der Waals surface area (Å²) in [6.07, 6.45) is -0.399. The molecule has 1 aromatic carbocycles. The molecule has 0 N–H and O–H groups in total. The highest BCUT2D eigenvalue weighted by atomic mass is 32.2. The molecule has 1 saturated heterocycles. The largest absolute Gasteiger partial charge is 0.373 e. The third-order valence-corrected chi connectivity index (χ3v) is 5.38. The molecule has 0 bridgehead atoms. The van der Waals surface area contributed by atoms with Crippen LogP contribution in [0.2, 0.25) is 0 Å². The van der Waals surface area contributed by atoms with E-state index in [4.69, 9.17) is 4.74 Å². The molecule has 1 aliphatic rings. The van der Waals surface area contributed by atoms with Gasteiger partial charge in [-0.3, -0.25) is 0 Å². The van der Waals surface area contributed by atoms with E-state index in [-0.39, 0.29) is 37.4 Å². The molecular weight excluding hydrogens is 314 g/mol. The van der Waals surface area contributed by atoms with Crippen LogP contribution >= 0.6 is 0 Å². The van der Waals surface area contributed by atoms with Crippen LogP contribution in [0.25, 0.3) is 0 Å². The highest BCUT2D eigenvalue weighted by molar-refractivity contribution is 7.86. The van der Waals surface area contributed by atoms with Gasteiger partial charge in [0.2, 0.25) is 0 Å². The predicted octanol–water partition coefficient (Wildman–Crippen LogP) is 1.75. The second-order valence-corrected chi connectivity index (χ2v) is 7.61. The topological polar surface area (TPSA) is 49.9 Å². The van der Waals surface area contributed by atoms with Gasteiger partial charge in [0.25, 0.3) is 10.2 Å². The molecular formula is C14H20F2N2O3S. The summed E-state index contributed by atoms with van der Waals surface area (Å²) in [5, 5.41) is 0. The van der Waals surface area contributed by atoms with Gasteiger partial charge in [-0.25, -0.2) is 8.78 Å². The number of nitrogens with zero attached hydrogens (tertiary/aromatic N) is 2. The van der Waals surface area contributed by atoms with Gasteiger partial charge < -0.3 is 4.74 Å². The van der Waals surface area contributed by atoms with E-state index >= 15 is 0 Å². The zero-order valence-electron chi connectivity index (χ0n) is 12.8. The molecule has 0 aromatic heterocycles. The minimum atomic E-state index is -3.73. The van der Waals surface area contributed by atoms with Crippen LogP contribution < -0.4 is 0 Å². The summed E-state index contributed by atoms with van der Waals surface area (Å²) in [5.41, 5.74) is 0.127. The maximum absolute atomic E-state index is 13.7. The average Bonchev–Trinajstić information content (AvgIpc) is 2.40. The number of ether oxygens (including phenoxy) is 1. The standard InChI is InChI=1S/C14H20F2N2O3S/c1-10-7-18(8-11(2)21-10)22(19,20)17(3)9-12-4-5-13(15)6-14(12)16/h4-6,10-11H,7-9H2,1-3H3/t10-,11-/m1/s1. The summed E-state index contributed by atoms with van der Waals surface area (Å²) in [6, 6.07) is 3.10. The number of halogens is 2. The summed E-state index contributed by atoms with van der Waals surface area (Å²) in [7, 11) is -2.35. The van der Waals surface area contributed by atoms with Gasteiger partial charge in [0.1, 0.15) is 11.6 Å². The normalized spacial score (nSPS) is 23.9. The van der Waals surface area contributed by atoms with Crippen molar-refractivity contribution in [1.29, 1.82) is 0 Å². The van der Waals surface area contributed by atoms with Gasteiger partial charge in [0.15, 0.2) is 0 Å². The maximum Gasteiger partial charge on any atom is 0.282 e. The van der Waals surface area contributed by atoms with Crippen LogP contribution in [0.3, 0.4) is 0 Å². The van der Waals surface area contributed by atoms with Crippen LogP contribution in [-0.2, 0) is 21.5 Å². The molecule has 1 aromatic rings. The minimum Gasteiger partial charge on any atom is -0.373 e. The van der Waals surface area contributed by atoms with Crippen molar-refractivity contribution in [3.8, 4) is 0 Å². The van der Waals surface area contributed by atoms with E-state index in [1.54, 1.807) is 13.8 Å². The third kappa shape index (κ3) is 3.81. The molecule has 1 heterocycles. The number of benzene rings is 1. The lowest BCUT2D eigenvalue weighted by Gasteiger charge is -2.36. The van der Waals surface area contributed by atoms with Gasteiger partial charge in [0.05, 0.1) is 12.2 Å². The van der Waals surface area contributed by atoms with Crippen molar-refractivity contribution in [1.82, 2.24) is 8.61 Å². The van der Waals surface area contributed by atoms with E-state index in [0.29, 0.717) is 0 Å². The van der Waals surface area contributed by atoms with Crippen molar-refractivity contribution in [2.24, 2.45) is 0 Å². The minimum absolute atomic E-state index is 0.127. The first-order valence-electron chi connectivity index (χ1n) is 7.01. The van der Waals surface area contributed by atoms with Gasteiger partial charge in [0, 0.05) is 38.3 Å². The molecule has 0 spiro atoms. The highest BCUT2D eigenvalue weighted by Crippen LogP contribution is 2.19. The Balaban J connectivity index is 2.14. The van der Waals surface area contributed by atoms with E-state index in [2.05, 4.69) is 0 Å². The number of morpholine rings is 1. The SMILES string of the molecule is C[C@@H]1CN(S(=O)(=O)N(C)Cc2ccc(F)cc2F)C[C@@H](C)O1. The number of hydrogen-bond acceptors (Lipinski definition) is 3. The van der Waals surface area contributed by atoms with Crippen molar-refractivity contribution < 1.29 is 21.9 Å².